The molecule has 0 fully saturated rings. The minimum Gasteiger partial charge on any atom is -0.395 e. The van der Waals surface area contributed by atoms with Crippen LogP contribution in [-0.2, 0) is 0 Å². The zero-order valence-corrected chi connectivity index (χ0v) is 19.7. The molecule has 0 amide bonds. The third kappa shape index (κ3) is 23.8. The van der Waals surface area contributed by atoms with Gasteiger partial charge in [-0.3, -0.25) is 0 Å². The molecule has 0 spiro atoms. The highest BCUT2D eigenvalue weighted by molar-refractivity contribution is 4.81. The molecule has 0 aliphatic rings. The summed E-state index contributed by atoms with van der Waals surface area (Å²) in [7, 11) is 0. The molecule has 174 valence electrons. The first-order valence-electron chi connectivity index (χ1n) is 12.9. The highest BCUT2D eigenvalue weighted by atomic mass is 16.3. The van der Waals surface area contributed by atoms with Gasteiger partial charge in [0.05, 0.1) is 13.2 Å². The summed E-state index contributed by atoms with van der Waals surface area (Å²) in [6, 6.07) is 0.160. The molecular weight excluding hydrogens is 358 g/mol. The highest BCUT2D eigenvalue weighted by Gasteiger charge is 2.05. The highest BCUT2D eigenvalue weighted by Crippen LogP contribution is 2.13. The van der Waals surface area contributed by atoms with Crippen LogP contribution < -0.4 is 5.32 Å². The third-order valence-corrected chi connectivity index (χ3v) is 5.83. The maximum absolute atomic E-state index is 9.26. The molecule has 0 saturated heterocycles. The van der Waals surface area contributed by atoms with Crippen molar-refractivity contribution in [2.24, 2.45) is 0 Å². The van der Waals surface area contributed by atoms with Crippen molar-refractivity contribution in [3.05, 3.63) is 12.2 Å². The minimum absolute atomic E-state index is 0.145. The van der Waals surface area contributed by atoms with Crippen molar-refractivity contribution in [3.8, 4) is 0 Å². The molecule has 3 N–H and O–H groups in total. The molecule has 29 heavy (non-hydrogen) atoms. The van der Waals surface area contributed by atoms with Gasteiger partial charge in [0, 0.05) is 12.6 Å². The summed E-state index contributed by atoms with van der Waals surface area (Å²) in [6.45, 7) is 3.18. The van der Waals surface area contributed by atoms with Crippen LogP contribution in [0.5, 0.6) is 0 Å². The SMILES string of the molecule is CCCCCCCC/C=C\CCCCCCCCCCCCC(CO)NCCO. The van der Waals surface area contributed by atoms with Crippen LogP contribution in [0.2, 0.25) is 0 Å². The molecule has 0 aliphatic heterocycles. The maximum Gasteiger partial charge on any atom is 0.0584 e. The fraction of sp³-hybridized carbons (Fsp3) is 0.923. The molecule has 0 aromatic carbocycles. The first-order valence-corrected chi connectivity index (χ1v) is 12.9. The zero-order valence-electron chi connectivity index (χ0n) is 19.7. The lowest BCUT2D eigenvalue weighted by Crippen LogP contribution is -2.34. The third-order valence-electron chi connectivity index (χ3n) is 5.83. The van der Waals surface area contributed by atoms with E-state index in [9.17, 15) is 5.11 Å². The van der Waals surface area contributed by atoms with Gasteiger partial charge in [-0.25, -0.2) is 0 Å². The molecular formula is C26H53NO2. The number of nitrogens with one attached hydrogen (secondary N) is 1. The molecule has 0 heterocycles. The van der Waals surface area contributed by atoms with Crippen LogP contribution in [0, 0.1) is 0 Å². The Balaban J connectivity index is 3.17. The molecule has 0 aromatic heterocycles. The number of hydrogen-bond acceptors (Lipinski definition) is 3. The Hall–Kier alpha value is -0.380. The summed E-state index contributed by atoms with van der Waals surface area (Å²) in [5.74, 6) is 0. The van der Waals surface area contributed by atoms with E-state index >= 15 is 0 Å². The summed E-state index contributed by atoms with van der Waals surface area (Å²) in [4.78, 5) is 0. The van der Waals surface area contributed by atoms with Gasteiger partial charge in [-0.2, -0.15) is 0 Å². The second-order valence-electron chi connectivity index (χ2n) is 8.70. The van der Waals surface area contributed by atoms with Crippen molar-refractivity contribution < 1.29 is 10.2 Å². The summed E-state index contributed by atoms with van der Waals surface area (Å²) < 4.78 is 0. The quantitative estimate of drug-likeness (QED) is 0.119. The summed E-state index contributed by atoms with van der Waals surface area (Å²) in [6.07, 6.45) is 30.2. The summed E-state index contributed by atoms with van der Waals surface area (Å²) in [5.41, 5.74) is 0. The molecule has 1 unspecified atom stereocenters. The Morgan fingerprint density at radius 2 is 1.07 bits per heavy atom. The number of hydrogen-bond donors (Lipinski definition) is 3. The molecule has 0 bridgehead atoms. The lowest BCUT2D eigenvalue weighted by molar-refractivity contribution is 0.217. The van der Waals surface area contributed by atoms with Crippen molar-refractivity contribution in [1.29, 1.82) is 0 Å². The lowest BCUT2D eigenvalue weighted by atomic mass is 10.0. The van der Waals surface area contributed by atoms with Gasteiger partial charge >= 0.3 is 0 Å². The summed E-state index contributed by atoms with van der Waals surface area (Å²) in [5, 5.41) is 21.2. The molecule has 0 saturated carbocycles. The molecule has 0 aliphatic carbocycles. The van der Waals surface area contributed by atoms with Crippen molar-refractivity contribution in [1.82, 2.24) is 5.32 Å². The predicted molar refractivity (Wildman–Crippen MR) is 128 cm³/mol. The van der Waals surface area contributed by atoms with E-state index in [4.69, 9.17) is 5.11 Å². The maximum atomic E-state index is 9.26. The largest absolute Gasteiger partial charge is 0.395 e. The van der Waals surface area contributed by atoms with Crippen LogP contribution in [0.15, 0.2) is 12.2 Å². The molecule has 0 aromatic rings. The molecule has 0 rings (SSSR count). The Bertz CT molecular complexity index is 320. The van der Waals surface area contributed by atoms with Crippen LogP contribution >= 0.6 is 0 Å². The van der Waals surface area contributed by atoms with E-state index < -0.39 is 0 Å². The van der Waals surface area contributed by atoms with Crippen molar-refractivity contribution in [3.63, 3.8) is 0 Å². The Morgan fingerprint density at radius 1 is 0.621 bits per heavy atom. The van der Waals surface area contributed by atoms with Crippen LogP contribution in [0.25, 0.3) is 0 Å². The van der Waals surface area contributed by atoms with Crippen LogP contribution in [-0.4, -0.2) is 36.0 Å². The minimum atomic E-state index is 0.145. The van der Waals surface area contributed by atoms with Gasteiger partial charge in [0.1, 0.15) is 0 Å². The lowest BCUT2D eigenvalue weighted by Gasteiger charge is -2.15. The Kier molecular flexibility index (Phi) is 25.3. The number of allylic oxidation sites excluding steroid dienone is 2. The number of rotatable bonds is 24. The van der Waals surface area contributed by atoms with Gasteiger partial charge in [0.2, 0.25) is 0 Å². The van der Waals surface area contributed by atoms with Gasteiger partial charge in [0.25, 0.3) is 0 Å². The van der Waals surface area contributed by atoms with E-state index in [1.807, 2.05) is 0 Å². The Morgan fingerprint density at radius 3 is 1.52 bits per heavy atom. The second kappa shape index (κ2) is 25.7. The van der Waals surface area contributed by atoms with E-state index in [-0.39, 0.29) is 19.3 Å². The van der Waals surface area contributed by atoms with Crippen LogP contribution in [0.4, 0.5) is 0 Å². The van der Waals surface area contributed by atoms with Crippen LogP contribution in [0.3, 0.4) is 0 Å². The normalized spacial score (nSPS) is 12.8. The van der Waals surface area contributed by atoms with E-state index in [0.717, 1.165) is 6.42 Å². The van der Waals surface area contributed by atoms with Crippen molar-refractivity contribution in [2.45, 2.75) is 135 Å². The molecule has 0 radical (unpaired) electrons. The predicted octanol–water partition coefficient (Wildman–Crippen LogP) is 6.92. The molecule has 3 heteroatoms. The smallest absolute Gasteiger partial charge is 0.0584 e. The average Bonchev–Trinajstić information content (AvgIpc) is 2.74. The standard InChI is InChI=1S/C26H53NO2/c1-2-3-4-5-6-7-8-9-10-11-12-13-14-15-16-17-18-19-20-21-22-26(25-29)27-23-24-28/h9-10,26-29H,2-8,11-25H2,1H3/b10-9-. The van der Waals surface area contributed by atoms with Gasteiger partial charge in [0.15, 0.2) is 0 Å². The number of unbranched alkanes of at least 4 members (excludes halogenated alkanes) is 16. The van der Waals surface area contributed by atoms with Crippen LogP contribution in [0.1, 0.15) is 129 Å². The van der Waals surface area contributed by atoms with Gasteiger partial charge in [-0.1, -0.05) is 109 Å². The van der Waals surface area contributed by atoms with E-state index in [1.54, 1.807) is 0 Å². The van der Waals surface area contributed by atoms with E-state index in [1.165, 1.54) is 116 Å². The van der Waals surface area contributed by atoms with Crippen molar-refractivity contribution in [2.75, 3.05) is 19.8 Å². The average molecular weight is 412 g/mol. The van der Waals surface area contributed by atoms with Gasteiger partial charge in [-0.15, -0.1) is 0 Å². The zero-order chi connectivity index (χ0) is 21.3. The summed E-state index contributed by atoms with van der Waals surface area (Å²) >= 11 is 0. The van der Waals surface area contributed by atoms with Gasteiger partial charge < -0.3 is 15.5 Å². The second-order valence-corrected chi connectivity index (χ2v) is 8.70. The fourth-order valence-electron chi connectivity index (χ4n) is 3.87. The fourth-order valence-corrected chi connectivity index (χ4v) is 3.87. The number of aliphatic hydroxyl groups is 2. The Labute approximate surface area is 182 Å². The van der Waals surface area contributed by atoms with Gasteiger partial charge in [-0.05, 0) is 32.1 Å². The molecule has 3 nitrogen and oxygen atoms in total. The van der Waals surface area contributed by atoms with E-state index in [0.29, 0.717) is 6.54 Å². The first-order chi connectivity index (χ1) is 14.3. The topological polar surface area (TPSA) is 52.5 Å². The van der Waals surface area contributed by atoms with Crippen molar-refractivity contribution >= 4 is 0 Å². The monoisotopic (exact) mass is 411 g/mol. The number of aliphatic hydroxyl groups excluding tert-OH is 2. The first kappa shape index (κ1) is 28.6. The molecule has 1 atom stereocenters. The van der Waals surface area contributed by atoms with E-state index in [2.05, 4.69) is 24.4 Å².